The SMILES string of the molecule is CCCCCCCCCC/C=C\CCCCCCCCCCCC(=O)OCC(COC(=O)CCCCCCCC)OC(=O)CCCCCCCC. The van der Waals surface area contributed by atoms with Crippen molar-refractivity contribution < 1.29 is 28.6 Å². The van der Waals surface area contributed by atoms with Crippen LogP contribution in [0, 0.1) is 0 Å². The Morgan fingerprint density at radius 2 is 0.647 bits per heavy atom. The van der Waals surface area contributed by atoms with Gasteiger partial charge in [-0.15, -0.1) is 0 Å². The average Bonchev–Trinajstić information content (AvgIpc) is 3.13. The summed E-state index contributed by atoms with van der Waals surface area (Å²) in [5.41, 5.74) is 0. The van der Waals surface area contributed by atoms with Crippen LogP contribution in [0.25, 0.3) is 0 Å². The molecule has 1 atom stereocenters. The maximum Gasteiger partial charge on any atom is 0.306 e. The summed E-state index contributed by atoms with van der Waals surface area (Å²) < 4.78 is 16.5. The Bertz CT molecular complexity index is 794. The van der Waals surface area contributed by atoms with E-state index in [1.54, 1.807) is 0 Å². The van der Waals surface area contributed by atoms with Gasteiger partial charge in [0.2, 0.25) is 0 Å². The molecule has 0 bridgehead atoms. The van der Waals surface area contributed by atoms with E-state index in [0.717, 1.165) is 57.8 Å². The summed E-state index contributed by atoms with van der Waals surface area (Å²) in [6.45, 7) is 6.52. The van der Waals surface area contributed by atoms with Crippen molar-refractivity contribution in [3.05, 3.63) is 12.2 Å². The van der Waals surface area contributed by atoms with Crippen LogP contribution in [0.2, 0.25) is 0 Å². The fourth-order valence-corrected chi connectivity index (χ4v) is 6.38. The van der Waals surface area contributed by atoms with Crippen molar-refractivity contribution in [3.63, 3.8) is 0 Å². The molecule has 0 radical (unpaired) electrons. The smallest absolute Gasteiger partial charge is 0.306 e. The first kappa shape index (κ1) is 49.1. The van der Waals surface area contributed by atoms with Crippen LogP contribution in [0.1, 0.15) is 239 Å². The fraction of sp³-hybridized carbons (Fsp3) is 0.889. The third kappa shape index (κ3) is 39.2. The zero-order valence-electron chi connectivity index (χ0n) is 34.1. The average molecular weight is 721 g/mol. The Kier molecular flexibility index (Phi) is 39.4. The van der Waals surface area contributed by atoms with E-state index in [1.807, 2.05) is 0 Å². The number of hydrogen-bond donors (Lipinski definition) is 0. The van der Waals surface area contributed by atoms with Gasteiger partial charge in [0.1, 0.15) is 13.2 Å². The van der Waals surface area contributed by atoms with Crippen LogP contribution in [0.5, 0.6) is 0 Å². The monoisotopic (exact) mass is 721 g/mol. The van der Waals surface area contributed by atoms with Crippen LogP contribution in [0.4, 0.5) is 0 Å². The molecule has 6 heteroatoms. The van der Waals surface area contributed by atoms with E-state index in [9.17, 15) is 14.4 Å². The lowest BCUT2D eigenvalue weighted by Gasteiger charge is -2.18. The molecule has 0 aliphatic rings. The van der Waals surface area contributed by atoms with E-state index >= 15 is 0 Å². The van der Waals surface area contributed by atoms with Gasteiger partial charge in [-0.1, -0.05) is 187 Å². The summed E-state index contributed by atoms with van der Waals surface area (Å²) in [6, 6.07) is 0. The largest absolute Gasteiger partial charge is 0.462 e. The van der Waals surface area contributed by atoms with Gasteiger partial charge in [0.05, 0.1) is 0 Å². The molecule has 0 saturated heterocycles. The van der Waals surface area contributed by atoms with Crippen molar-refractivity contribution in [1.82, 2.24) is 0 Å². The summed E-state index contributed by atoms with van der Waals surface area (Å²) in [6.07, 6.45) is 42.5. The number of esters is 3. The Balaban J connectivity index is 4.02. The van der Waals surface area contributed by atoms with Gasteiger partial charge in [-0.2, -0.15) is 0 Å². The van der Waals surface area contributed by atoms with Gasteiger partial charge in [0.25, 0.3) is 0 Å². The first-order valence-electron chi connectivity index (χ1n) is 22.2. The third-order valence-corrected chi connectivity index (χ3v) is 9.77. The second-order valence-corrected chi connectivity index (χ2v) is 15.0. The minimum atomic E-state index is -0.759. The van der Waals surface area contributed by atoms with Crippen molar-refractivity contribution in [2.24, 2.45) is 0 Å². The summed E-state index contributed by atoms with van der Waals surface area (Å²) in [5, 5.41) is 0. The molecular formula is C45H84O6. The van der Waals surface area contributed by atoms with Gasteiger partial charge in [0, 0.05) is 19.3 Å². The molecular weight excluding hydrogens is 636 g/mol. The lowest BCUT2D eigenvalue weighted by Crippen LogP contribution is -2.30. The summed E-state index contributed by atoms with van der Waals surface area (Å²) in [7, 11) is 0. The molecule has 1 unspecified atom stereocenters. The highest BCUT2D eigenvalue weighted by atomic mass is 16.6. The quantitative estimate of drug-likeness (QED) is 0.0271. The summed E-state index contributed by atoms with van der Waals surface area (Å²) in [4.78, 5) is 37.2. The molecule has 0 aromatic carbocycles. The lowest BCUT2D eigenvalue weighted by molar-refractivity contribution is -0.167. The van der Waals surface area contributed by atoms with Crippen molar-refractivity contribution in [2.75, 3.05) is 13.2 Å². The van der Waals surface area contributed by atoms with Crippen LogP contribution in [0.3, 0.4) is 0 Å². The number of carbonyl (C=O) groups excluding carboxylic acids is 3. The number of rotatable bonds is 40. The standard InChI is InChI=1S/C45H84O6/c1-4-7-10-13-16-17-18-19-20-21-22-23-24-25-26-27-28-29-30-33-35-38-44(47)50-41-42(51-45(48)39-36-32-15-12-9-6-3)40-49-43(46)37-34-31-14-11-8-5-2/h21-22,42H,4-20,23-41H2,1-3H3/b22-21-. The number of unbranched alkanes of at least 4 members (excludes halogenated alkanes) is 27. The minimum Gasteiger partial charge on any atom is -0.462 e. The van der Waals surface area contributed by atoms with Gasteiger partial charge in [-0.05, 0) is 44.9 Å². The van der Waals surface area contributed by atoms with Gasteiger partial charge in [-0.25, -0.2) is 0 Å². The maximum atomic E-state index is 12.5. The molecule has 0 saturated carbocycles. The van der Waals surface area contributed by atoms with Crippen molar-refractivity contribution in [2.45, 2.75) is 245 Å². The van der Waals surface area contributed by atoms with Crippen LogP contribution >= 0.6 is 0 Å². The highest BCUT2D eigenvalue weighted by molar-refractivity contribution is 5.71. The highest BCUT2D eigenvalue weighted by Gasteiger charge is 2.19. The second-order valence-electron chi connectivity index (χ2n) is 15.0. The maximum absolute atomic E-state index is 12.5. The molecule has 0 aliphatic heterocycles. The predicted molar refractivity (Wildman–Crippen MR) is 215 cm³/mol. The Morgan fingerprint density at radius 1 is 0.373 bits per heavy atom. The zero-order valence-corrected chi connectivity index (χ0v) is 34.1. The Morgan fingerprint density at radius 3 is 0.980 bits per heavy atom. The van der Waals surface area contributed by atoms with Crippen LogP contribution < -0.4 is 0 Å². The van der Waals surface area contributed by atoms with E-state index in [4.69, 9.17) is 14.2 Å². The molecule has 0 amide bonds. The molecule has 0 aromatic heterocycles. The van der Waals surface area contributed by atoms with Gasteiger partial charge in [0.15, 0.2) is 6.10 Å². The van der Waals surface area contributed by atoms with E-state index < -0.39 is 6.10 Å². The van der Waals surface area contributed by atoms with Crippen molar-refractivity contribution in [3.8, 4) is 0 Å². The molecule has 0 rings (SSSR count). The van der Waals surface area contributed by atoms with Crippen LogP contribution in [-0.2, 0) is 28.6 Å². The third-order valence-electron chi connectivity index (χ3n) is 9.77. The molecule has 300 valence electrons. The topological polar surface area (TPSA) is 78.9 Å². The second kappa shape index (κ2) is 40.9. The molecule has 0 fully saturated rings. The first-order valence-corrected chi connectivity index (χ1v) is 22.2. The molecule has 51 heavy (non-hydrogen) atoms. The molecule has 0 heterocycles. The fourth-order valence-electron chi connectivity index (χ4n) is 6.38. The zero-order chi connectivity index (χ0) is 37.3. The van der Waals surface area contributed by atoms with Gasteiger partial charge < -0.3 is 14.2 Å². The van der Waals surface area contributed by atoms with Gasteiger partial charge in [-0.3, -0.25) is 14.4 Å². The summed E-state index contributed by atoms with van der Waals surface area (Å²) >= 11 is 0. The van der Waals surface area contributed by atoms with E-state index in [0.29, 0.717) is 19.3 Å². The van der Waals surface area contributed by atoms with Gasteiger partial charge >= 0.3 is 17.9 Å². The summed E-state index contributed by atoms with van der Waals surface area (Å²) in [5.74, 6) is -0.887. The normalized spacial score (nSPS) is 12.0. The van der Waals surface area contributed by atoms with E-state index in [-0.39, 0.29) is 31.1 Å². The van der Waals surface area contributed by atoms with Crippen LogP contribution in [-0.4, -0.2) is 37.2 Å². The molecule has 0 N–H and O–H groups in total. The molecule has 0 spiro atoms. The lowest BCUT2D eigenvalue weighted by atomic mass is 10.1. The number of carbonyl (C=O) groups is 3. The number of ether oxygens (including phenoxy) is 3. The van der Waals surface area contributed by atoms with Crippen LogP contribution in [0.15, 0.2) is 12.2 Å². The minimum absolute atomic E-state index is 0.0690. The van der Waals surface area contributed by atoms with E-state index in [1.165, 1.54) is 141 Å². The highest BCUT2D eigenvalue weighted by Crippen LogP contribution is 2.14. The molecule has 0 aliphatic carbocycles. The van der Waals surface area contributed by atoms with Crippen molar-refractivity contribution >= 4 is 17.9 Å². The van der Waals surface area contributed by atoms with Crippen molar-refractivity contribution in [1.29, 1.82) is 0 Å². The molecule has 0 aromatic rings. The molecule has 6 nitrogen and oxygen atoms in total. The number of allylic oxidation sites excluding steroid dienone is 2. The Hall–Kier alpha value is -1.85. The first-order chi connectivity index (χ1) is 25.0. The Labute approximate surface area is 316 Å². The van der Waals surface area contributed by atoms with E-state index in [2.05, 4.69) is 32.9 Å². The number of hydrogen-bond acceptors (Lipinski definition) is 6. The predicted octanol–water partition coefficient (Wildman–Crippen LogP) is 13.9.